The molecule has 0 saturated carbocycles. The fourth-order valence-corrected chi connectivity index (χ4v) is 15.5. The standard InChI is InChI=1S/C90H69N3OS/c1-89(2,3)66-47-62-42-43-63-48-67(90(4,5)6)53-80-79(52-65(49-66)87(62)88(63)80)61-29-21-28-60(46-61)64-50-71(55-73(51-64)94-72-33-23-32-69(54-72)91(68-30-11-8-12-31-68)81-41-22-27-59-26-13-14-34-74(59)81)93(82-38-18-15-35-75(82)58-24-9-7-10-25-58)85-57-95-86-56-70(44-45-78(85)86)92-83-39-19-16-36-76(83)77-37-17-20-40-84(77)92/h7-57H,1-6H3. The summed E-state index contributed by atoms with van der Waals surface area (Å²) in [5.74, 6) is 1.42. The van der Waals surface area contributed by atoms with E-state index in [1.807, 2.05) is 0 Å². The Balaban J connectivity index is 0.881. The predicted octanol–water partition coefficient (Wildman–Crippen LogP) is 26.4. The Bertz CT molecular complexity index is 5750. The summed E-state index contributed by atoms with van der Waals surface area (Å²) in [6.07, 6.45) is 0. The van der Waals surface area contributed by atoms with Gasteiger partial charge in [-0.1, -0.05) is 236 Å². The van der Waals surface area contributed by atoms with Crippen molar-refractivity contribution in [3.8, 4) is 50.6 Å². The second kappa shape index (κ2) is 22.8. The van der Waals surface area contributed by atoms with E-state index in [0.717, 1.165) is 78.4 Å². The van der Waals surface area contributed by atoms with Gasteiger partial charge >= 0.3 is 0 Å². The van der Waals surface area contributed by atoms with Gasteiger partial charge in [0.2, 0.25) is 0 Å². The average molecular weight is 1240 g/mol. The van der Waals surface area contributed by atoms with Crippen molar-refractivity contribution in [3.63, 3.8) is 0 Å². The van der Waals surface area contributed by atoms with E-state index >= 15 is 0 Å². The van der Waals surface area contributed by atoms with E-state index in [0.29, 0.717) is 11.5 Å². The molecule has 0 amide bonds. The molecule has 2 heterocycles. The Kier molecular flexibility index (Phi) is 13.8. The summed E-state index contributed by atoms with van der Waals surface area (Å²) < 4.78 is 11.0. The molecule has 0 radical (unpaired) electrons. The van der Waals surface area contributed by atoms with Crippen LogP contribution in [-0.4, -0.2) is 4.57 Å². The molecule has 5 heteroatoms. The van der Waals surface area contributed by atoms with E-state index in [1.165, 1.54) is 80.9 Å². The molecule has 0 N–H and O–H groups in total. The number of aromatic nitrogens is 1. The fraction of sp³-hybridized carbons (Fsp3) is 0.0889. The zero-order valence-corrected chi connectivity index (χ0v) is 54.9. The number of nitrogens with zero attached hydrogens (tertiary/aromatic N) is 3. The number of rotatable bonds is 12. The van der Waals surface area contributed by atoms with Crippen LogP contribution in [0.2, 0.25) is 0 Å². The molecule has 0 bridgehead atoms. The Morgan fingerprint density at radius 3 is 1.67 bits per heavy atom. The van der Waals surface area contributed by atoms with Gasteiger partial charge in [0.1, 0.15) is 11.5 Å². The molecule has 4 nitrogen and oxygen atoms in total. The van der Waals surface area contributed by atoms with Gasteiger partial charge in [0.05, 0.1) is 33.8 Å². The highest BCUT2D eigenvalue weighted by Gasteiger charge is 2.26. The van der Waals surface area contributed by atoms with Gasteiger partial charge in [0, 0.05) is 66.4 Å². The number of hydrogen-bond donors (Lipinski definition) is 0. The van der Waals surface area contributed by atoms with Crippen LogP contribution in [0.15, 0.2) is 309 Å². The van der Waals surface area contributed by atoms with Gasteiger partial charge < -0.3 is 19.1 Å². The zero-order valence-electron chi connectivity index (χ0n) is 54.1. The van der Waals surface area contributed by atoms with Gasteiger partial charge in [-0.15, -0.1) is 11.3 Å². The number of para-hydroxylation sites is 4. The summed E-state index contributed by atoms with van der Waals surface area (Å²) in [4.78, 5) is 4.81. The molecule has 0 fully saturated rings. The number of hydrogen-bond acceptors (Lipinski definition) is 4. The summed E-state index contributed by atoms with van der Waals surface area (Å²) in [7, 11) is 0. The van der Waals surface area contributed by atoms with Crippen molar-refractivity contribution in [3.05, 3.63) is 320 Å². The normalized spacial score (nSPS) is 12.1. The molecule has 15 aromatic carbocycles. The second-order valence-corrected chi connectivity index (χ2v) is 28.3. The molecule has 456 valence electrons. The molecule has 0 aliphatic heterocycles. The van der Waals surface area contributed by atoms with Gasteiger partial charge in [-0.05, 0) is 185 Å². The number of thiophene rings is 1. The quantitative estimate of drug-likeness (QED) is 0.114. The first kappa shape index (κ1) is 57.6. The minimum atomic E-state index is -0.0669. The van der Waals surface area contributed by atoms with E-state index in [-0.39, 0.29) is 10.8 Å². The minimum absolute atomic E-state index is 0.0324. The third-order valence-electron chi connectivity index (χ3n) is 19.2. The van der Waals surface area contributed by atoms with Crippen molar-refractivity contribution < 1.29 is 4.74 Å². The molecule has 2 aromatic heterocycles. The van der Waals surface area contributed by atoms with Crippen LogP contribution in [0.4, 0.5) is 34.1 Å². The smallest absolute Gasteiger partial charge is 0.130 e. The maximum absolute atomic E-state index is 7.44. The largest absolute Gasteiger partial charge is 0.457 e. The zero-order chi connectivity index (χ0) is 64.1. The van der Waals surface area contributed by atoms with E-state index in [2.05, 4.69) is 365 Å². The predicted molar refractivity (Wildman–Crippen MR) is 407 cm³/mol. The Morgan fingerprint density at radius 2 is 0.905 bits per heavy atom. The lowest BCUT2D eigenvalue weighted by molar-refractivity contribution is 0.483. The van der Waals surface area contributed by atoms with Crippen LogP contribution in [0, 0.1) is 0 Å². The molecule has 17 aromatic rings. The highest BCUT2D eigenvalue weighted by Crippen LogP contribution is 2.51. The third kappa shape index (κ3) is 10.2. The minimum Gasteiger partial charge on any atom is -0.457 e. The summed E-state index contributed by atoms with van der Waals surface area (Å²) in [5.41, 5.74) is 19.0. The number of benzene rings is 15. The van der Waals surface area contributed by atoms with Gasteiger partial charge in [0.25, 0.3) is 0 Å². The average Bonchev–Trinajstić information content (AvgIpc) is 1.16. The number of anilines is 6. The van der Waals surface area contributed by atoms with E-state index in [4.69, 9.17) is 4.74 Å². The van der Waals surface area contributed by atoms with Gasteiger partial charge in [-0.2, -0.15) is 0 Å². The lowest BCUT2D eigenvalue weighted by atomic mass is 9.79. The Morgan fingerprint density at radius 1 is 0.316 bits per heavy atom. The first-order valence-electron chi connectivity index (χ1n) is 32.9. The highest BCUT2D eigenvalue weighted by molar-refractivity contribution is 7.17. The fourth-order valence-electron chi connectivity index (χ4n) is 14.5. The number of fused-ring (bicyclic) bond motifs is 5. The molecule has 0 unspecified atom stereocenters. The molecule has 0 saturated heterocycles. The van der Waals surface area contributed by atoms with Crippen molar-refractivity contribution >= 4 is 120 Å². The van der Waals surface area contributed by atoms with Gasteiger partial charge in [-0.25, -0.2) is 0 Å². The number of ether oxygens (including phenoxy) is 1. The topological polar surface area (TPSA) is 20.6 Å². The van der Waals surface area contributed by atoms with Gasteiger partial charge in [-0.3, -0.25) is 0 Å². The van der Waals surface area contributed by atoms with Crippen LogP contribution in [-0.2, 0) is 10.8 Å². The first-order valence-corrected chi connectivity index (χ1v) is 33.8. The van der Waals surface area contributed by atoms with E-state index in [1.54, 1.807) is 11.3 Å². The van der Waals surface area contributed by atoms with Crippen LogP contribution < -0.4 is 14.5 Å². The van der Waals surface area contributed by atoms with Gasteiger partial charge in [0.15, 0.2) is 0 Å². The maximum atomic E-state index is 7.44. The SMILES string of the molecule is CC(C)(C)c1cc2ccc3cc(C(C)(C)C)cc4c(-c5cccc(-c6cc(Oc7cccc(N(c8ccccc8)c8cccc9ccccc89)c7)cc(N(c7ccccc7-c7ccccc7)c7csc8cc(-n9c%10ccccc%10c%10ccccc%109)ccc78)c6)c5)cc(c1)c2c34. The third-order valence-corrected chi connectivity index (χ3v) is 20.2. The summed E-state index contributed by atoms with van der Waals surface area (Å²) >= 11 is 1.78. The lowest BCUT2D eigenvalue weighted by Gasteiger charge is -2.29. The van der Waals surface area contributed by atoms with Crippen LogP contribution >= 0.6 is 11.3 Å². The van der Waals surface area contributed by atoms with E-state index < -0.39 is 0 Å². The van der Waals surface area contributed by atoms with Crippen molar-refractivity contribution in [2.75, 3.05) is 9.80 Å². The summed E-state index contributed by atoms with van der Waals surface area (Å²) in [6.45, 7) is 13.9. The second-order valence-electron chi connectivity index (χ2n) is 27.4. The molecular formula is C90H69N3OS. The maximum Gasteiger partial charge on any atom is 0.130 e. The first-order chi connectivity index (χ1) is 46.3. The van der Waals surface area contributed by atoms with Crippen molar-refractivity contribution in [2.45, 2.75) is 52.4 Å². The van der Waals surface area contributed by atoms with Crippen LogP contribution in [0.5, 0.6) is 11.5 Å². The van der Waals surface area contributed by atoms with E-state index in [9.17, 15) is 0 Å². The molecule has 0 atom stereocenters. The highest BCUT2D eigenvalue weighted by atomic mass is 32.1. The molecule has 0 spiro atoms. The van der Waals surface area contributed by atoms with Crippen molar-refractivity contribution in [2.24, 2.45) is 0 Å². The summed E-state index contributed by atoms with van der Waals surface area (Å²) in [5, 5.41) is 16.1. The molecular weight excluding hydrogens is 1170 g/mol. The van der Waals surface area contributed by atoms with Crippen LogP contribution in [0.25, 0.3) is 114 Å². The summed E-state index contributed by atoms with van der Waals surface area (Å²) in [6, 6.07) is 111. The monoisotopic (exact) mass is 1240 g/mol. The van der Waals surface area contributed by atoms with Crippen molar-refractivity contribution in [1.29, 1.82) is 0 Å². The Hall–Kier alpha value is -11.2. The molecule has 0 aliphatic rings. The van der Waals surface area contributed by atoms with Crippen LogP contribution in [0.1, 0.15) is 52.7 Å². The lowest BCUT2D eigenvalue weighted by Crippen LogP contribution is -2.12. The molecule has 95 heavy (non-hydrogen) atoms. The Labute approximate surface area is 558 Å². The van der Waals surface area contributed by atoms with Crippen molar-refractivity contribution in [1.82, 2.24) is 4.57 Å². The molecule has 17 rings (SSSR count). The molecule has 0 aliphatic carbocycles. The van der Waals surface area contributed by atoms with Crippen LogP contribution in [0.3, 0.4) is 0 Å².